The Balaban J connectivity index is 0.000000356. The maximum absolute atomic E-state index is 4.91. The summed E-state index contributed by atoms with van der Waals surface area (Å²) in [7, 11) is 3.08. The van der Waals surface area contributed by atoms with Crippen molar-refractivity contribution in [2.75, 3.05) is 14.2 Å². The van der Waals surface area contributed by atoms with Crippen LogP contribution in [0.15, 0.2) is 36.9 Å². The van der Waals surface area contributed by atoms with Gasteiger partial charge in [0, 0.05) is 0 Å². The highest BCUT2D eigenvalue weighted by Gasteiger charge is 2.00. The van der Waals surface area contributed by atoms with Gasteiger partial charge in [-0.25, -0.2) is 4.98 Å². The summed E-state index contributed by atoms with van der Waals surface area (Å²) < 4.78 is 0. The van der Waals surface area contributed by atoms with E-state index in [-0.39, 0.29) is 14.9 Å². The maximum atomic E-state index is 4.91. The van der Waals surface area contributed by atoms with Crippen molar-refractivity contribution < 1.29 is 9.68 Å². The maximum Gasteiger partial charge on any atom is 0.155 e. The van der Waals surface area contributed by atoms with Gasteiger partial charge < -0.3 is 9.68 Å². The smallest absolute Gasteiger partial charge is 0.155 e. The molecule has 3 aromatic rings. The number of para-hydroxylation sites is 1. The third-order valence-electron chi connectivity index (χ3n) is 2.08. The standard InChI is InChI=1S/C7H7N3O.C3H5N3O.2CH4/c1-11-10-7-5-3-2-4-6(7)8-9-10;1-7-6-3-4-2-5-6;;/h2-5H,1H3;2-3H,1H3;2*1H4. The second kappa shape index (κ2) is 8.46. The molecule has 0 aliphatic rings. The minimum Gasteiger partial charge on any atom is -0.399 e. The van der Waals surface area contributed by atoms with Crippen molar-refractivity contribution in [1.82, 2.24) is 30.1 Å². The minimum absolute atomic E-state index is 0. The van der Waals surface area contributed by atoms with Gasteiger partial charge in [-0.2, -0.15) is 0 Å². The molecule has 110 valence electrons. The molecule has 0 aliphatic heterocycles. The van der Waals surface area contributed by atoms with Crippen molar-refractivity contribution in [1.29, 1.82) is 0 Å². The molecule has 20 heavy (non-hydrogen) atoms. The molecule has 0 fully saturated rings. The zero-order valence-electron chi connectivity index (χ0n) is 9.96. The Morgan fingerprint density at radius 3 is 2.35 bits per heavy atom. The Morgan fingerprint density at radius 2 is 1.80 bits per heavy atom. The predicted molar refractivity (Wildman–Crippen MR) is 76.0 cm³/mol. The van der Waals surface area contributed by atoms with Gasteiger partial charge in [0.25, 0.3) is 0 Å². The molecule has 0 amide bonds. The van der Waals surface area contributed by atoms with Crippen LogP contribution in [0.2, 0.25) is 0 Å². The Bertz CT molecular complexity index is 593. The Morgan fingerprint density at radius 1 is 1.05 bits per heavy atom. The van der Waals surface area contributed by atoms with E-state index in [1.807, 2.05) is 24.3 Å². The van der Waals surface area contributed by atoms with Gasteiger partial charge in [0.1, 0.15) is 31.6 Å². The van der Waals surface area contributed by atoms with Gasteiger partial charge in [0.2, 0.25) is 0 Å². The normalized spacial score (nSPS) is 8.70. The van der Waals surface area contributed by atoms with E-state index in [4.69, 9.17) is 4.84 Å². The zero-order valence-corrected chi connectivity index (χ0v) is 9.96. The van der Waals surface area contributed by atoms with E-state index in [1.165, 1.54) is 29.5 Å². The first kappa shape index (κ1) is 17.4. The molecule has 0 unspecified atom stereocenters. The minimum atomic E-state index is 0. The third kappa shape index (κ3) is 3.94. The molecule has 0 radical (unpaired) electrons. The summed E-state index contributed by atoms with van der Waals surface area (Å²) in [6, 6.07) is 7.62. The van der Waals surface area contributed by atoms with Crippen LogP contribution in [0.3, 0.4) is 0 Å². The summed E-state index contributed by atoms with van der Waals surface area (Å²) in [5.74, 6) is 0. The SMILES string of the molecule is C.C.COn1cncn1.COn1nnc2ccccc21. The summed E-state index contributed by atoms with van der Waals surface area (Å²) in [5.41, 5.74) is 1.73. The molecule has 8 nitrogen and oxygen atoms in total. The van der Waals surface area contributed by atoms with Gasteiger partial charge in [0.05, 0.1) is 0 Å². The van der Waals surface area contributed by atoms with Crippen molar-refractivity contribution in [3.63, 3.8) is 0 Å². The van der Waals surface area contributed by atoms with Crippen molar-refractivity contribution >= 4 is 11.0 Å². The van der Waals surface area contributed by atoms with Crippen LogP contribution < -0.4 is 9.68 Å². The number of benzene rings is 1. The molecule has 0 saturated heterocycles. The van der Waals surface area contributed by atoms with Crippen LogP contribution in [-0.2, 0) is 0 Å². The largest absolute Gasteiger partial charge is 0.399 e. The van der Waals surface area contributed by atoms with Gasteiger partial charge in [-0.05, 0) is 17.3 Å². The Hall–Kier alpha value is -2.64. The lowest BCUT2D eigenvalue weighted by Gasteiger charge is -1.95. The summed E-state index contributed by atoms with van der Waals surface area (Å²) in [4.78, 5) is 15.8. The highest BCUT2D eigenvalue weighted by molar-refractivity contribution is 5.73. The summed E-state index contributed by atoms with van der Waals surface area (Å²) >= 11 is 0. The molecule has 0 spiro atoms. The molecule has 0 N–H and O–H groups in total. The van der Waals surface area contributed by atoms with Crippen LogP contribution in [0.25, 0.3) is 11.0 Å². The van der Waals surface area contributed by atoms with Gasteiger partial charge in [-0.3, -0.25) is 0 Å². The van der Waals surface area contributed by atoms with E-state index in [0.29, 0.717) is 0 Å². The quantitative estimate of drug-likeness (QED) is 0.699. The Kier molecular flexibility index (Phi) is 7.34. The first-order valence-electron chi connectivity index (χ1n) is 5.09. The van der Waals surface area contributed by atoms with Crippen LogP contribution >= 0.6 is 0 Å². The molecule has 2 heterocycles. The molecule has 1 aromatic carbocycles. The highest BCUT2D eigenvalue weighted by atomic mass is 16.7. The van der Waals surface area contributed by atoms with E-state index in [1.54, 1.807) is 7.11 Å². The summed E-state index contributed by atoms with van der Waals surface area (Å²) in [6.07, 6.45) is 2.88. The number of hydrogen-bond donors (Lipinski definition) is 0. The fraction of sp³-hybridized carbons (Fsp3) is 0.333. The number of rotatable bonds is 2. The average molecular weight is 280 g/mol. The molecule has 3 rings (SSSR count). The van der Waals surface area contributed by atoms with E-state index in [2.05, 4.69) is 25.2 Å². The highest BCUT2D eigenvalue weighted by Crippen LogP contribution is 2.07. The molecule has 8 heteroatoms. The molecule has 2 aromatic heterocycles. The molecule has 0 aliphatic carbocycles. The third-order valence-corrected chi connectivity index (χ3v) is 2.08. The first-order chi connectivity index (χ1) is 8.85. The summed E-state index contributed by atoms with van der Waals surface area (Å²) in [5, 5.41) is 11.3. The zero-order chi connectivity index (χ0) is 12.8. The molecular formula is C12H20N6O2. The second-order valence-corrected chi connectivity index (χ2v) is 3.11. The van der Waals surface area contributed by atoms with Crippen LogP contribution in [0, 0.1) is 0 Å². The number of nitrogens with zero attached hydrogens (tertiary/aromatic N) is 6. The van der Waals surface area contributed by atoms with E-state index >= 15 is 0 Å². The van der Waals surface area contributed by atoms with Crippen molar-refractivity contribution in [2.45, 2.75) is 14.9 Å². The first-order valence-corrected chi connectivity index (χ1v) is 5.09. The predicted octanol–water partition coefficient (Wildman–Crippen LogP) is 1.10. The lowest BCUT2D eigenvalue weighted by Crippen LogP contribution is -2.06. The van der Waals surface area contributed by atoms with Crippen LogP contribution in [0.4, 0.5) is 0 Å². The van der Waals surface area contributed by atoms with Crippen LogP contribution in [0.5, 0.6) is 0 Å². The van der Waals surface area contributed by atoms with Gasteiger partial charge in [0.15, 0.2) is 6.33 Å². The molecule has 0 bridgehead atoms. The van der Waals surface area contributed by atoms with E-state index in [9.17, 15) is 0 Å². The van der Waals surface area contributed by atoms with Gasteiger partial charge in [-0.15, -0.1) is 10.2 Å². The lowest BCUT2D eigenvalue weighted by atomic mass is 10.3. The lowest BCUT2D eigenvalue weighted by molar-refractivity contribution is 0.133. The number of aromatic nitrogens is 6. The van der Waals surface area contributed by atoms with Gasteiger partial charge in [-0.1, -0.05) is 36.7 Å². The van der Waals surface area contributed by atoms with E-state index in [0.717, 1.165) is 11.0 Å². The fourth-order valence-corrected chi connectivity index (χ4v) is 1.27. The van der Waals surface area contributed by atoms with Crippen molar-refractivity contribution in [3.05, 3.63) is 36.9 Å². The van der Waals surface area contributed by atoms with E-state index < -0.39 is 0 Å². The number of fused-ring (bicyclic) bond motifs is 1. The molecule has 0 saturated carbocycles. The Labute approximate surface area is 117 Å². The topological polar surface area (TPSA) is 79.9 Å². The van der Waals surface area contributed by atoms with Crippen LogP contribution in [0.1, 0.15) is 14.9 Å². The van der Waals surface area contributed by atoms with Crippen molar-refractivity contribution in [2.24, 2.45) is 0 Å². The second-order valence-electron chi connectivity index (χ2n) is 3.11. The van der Waals surface area contributed by atoms with Gasteiger partial charge >= 0.3 is 0 Å². The molecule has 0 atom stereocenters. The fourth-order valence-electron chi connectivity index (χ4n) is 1.27. The average Bonchev–Trinajstić information content (AvgIpc) is 3.08. The number of hydrogen-bond acceptors (Lipinski definition) is 6. The van der Waals surface area contributed by atoms with Crippen LogP contribution in [-0.4, -0.2) is 44.3 Å². The monoisotopic (exact) mass is 280 g/mol. The molecular weight excluding hydrogens is 260 g/mol. The van der Waals surface area contributed by atoms with Crippen molar-refractivity contribution in [3.8, 4) is 0 Å². The summed E-state index contributed by atoms with van der Waals surface area (Å²) in [6.45, 7) is 0.